The van der Waals surface area contributed by atoms with Gasteiger partial charge < -0.3 is 20.1 Å². The van der Waals surface area contributed by atoms with Crippen molar-refractivity contribution in [3.63, 3.8) is 0 Å². The van der Waals surface area contributed by atoms with E-state index in [4.69, 9.17) is 15.2 Å². The maximum absolute atomic E-state index is 12.4. The Morgan fingerprint density at radius 3 is 2.54 bits per heavy atom. The highest BCUT2D eigenvalue weighted by atomic mass is 16.5. The van der Waals surface area contributed by atoms with Gasteiger partial charge in [0.1, 0.15) is 11.9 Å². The van der Waals surface area contributed by atoms with Gasteiger partial charge in [-0.05, 0) is 63.6 Å². The predicted molar refractivity (Wildman–Crippen MR) is 104 cm³/mol. The van der Waals surface area contributed by atoms with Gasteiger partial charge in [0, 0.05) is 17.6 Å². The molecule has 1 unspecified atom stereocenters. The standard InChI is InChI=1S/C21H26N2O3/c1-6-17-13-19(21(24)25-8-3)14(4)20(23(17)7-2)15(5)26-18-11-9-16(22)10-12-18/h6-7,9-13,15H,2,8,22H2,1,3-5H3/b17-6-. The van der Waals surface area contributed by atoms with Crippen LogP contribution in [0.5, 0.6) is 5.75 Å². The molecule has 0 spiro atoms. The third-order valence-corrected chi connectivity index (χ3v) is 4.17. The monoisotopic (exact) mass is 354 g/mol. The van der Waals surface area contributed by atoms with E-state index in [0.717, 1.165) is 17.0 Å². The summed E-state index contributed by atoms with van der Waals surface area (Å²) in [6.07, 6.45) is 5.14. The number of benzene rings is 1. The smallest absolute Gasteiger partial charge is 0.338 e. The average Bonchev–Trinajstić information content (AvgIpc) is 2.63. The second-order valence-corrected chi connectivity index (χ2v) is 5.88. The highest BCUT2D eigenvalue weighted by Crippen LogP contribution is 2.33. The Morgan fingerprint density at radius 1 is 1.35 bits per heavy atom. The van der Waals surface area contributed by atoms with Crippen molar-refractivity contribution in [3.05, 3.63) is 71.7 Å². The van der Waals surface area contributed by atoms with Gasteiger partial charge in [-0.15, -0.1) is 0 Å². The van der Waals surface area contributed by atoms with Crippen LogP contribution in [0.15, 0.2) is 71.7 Å². The van der Waals surface area contributed by atoms with Gasteiger partial charge in [-0.1, -0.05) is 12.7 Å². The molecule has 0 bridgehead atoms. The van der Waals surface area contributed by atoms with Gasteiger partial charge in [-0.3, -0.25) is 0 Å². The minimum Gasteiger partial charge on any atom is -0.484 e. The summed E-state index contributed by atoms with van der Waals surface area (Å²) in [7, 11) is 0. The van der Waals surface area contributed by atoms with Crippen LogP contribution in [0.1, 0.15) is 27.7 Å². The van der Waals surface area contributed by atoms with E-state index in [0.29, 0.717) is 23.6 Å². The molecule has 0 radical (unpaired) electrons. The molecule has 138 valence electrons. The lowest BCUT2D eigenvalue weighted by atomic mass is 9.96. The fourth-order valence-corrected chi connectivity index (χ4v) is 2.94. The molecule has 1 aliphatic rings. The van der Waals surface area contributed by atoms with Crippen molar-refractivity contribution in [3.8, 4) is 5.75 Å². The largest absolute Gasteiger partial charge is 0.484 e. The number of nitrogen functional groups attached to an aromatic ring is 1. The molecule has 1 aromatic rings. The maximum atomic E-state index is 12.4. The van der Waals surface area contributed by atoms with Crippen LogP contribution in [-0.4, -0.2) is 23.6 Å². The van der Waals surface area contributed by atoms with E-state index in [-0.39, 0.29) is 12.1 Å². The molecule has 26 heavy (non-hydrogen) atoms. The molecule has 0 aliphatic carbocycles. The number of carbonyl (C=O) groups excluding carboxylic acids is 1. The first-order chi connectivity index (χ1) is 12.4. The average molecular weight is 354 g/mol. The summed E-state index contributed by atoms with van der Waals surface area (Å²) < 4.78 is 11.3. The Kier molecular flexibility index (Phi) is 6.28. The van der Waals surface area contributed by atoms with Gasteiger partial charge in [0.15, 0.2) is 0 Å². The molecular weight excluding hydrogens is 328 g/mol. The Labute approximate surface area is 155 Å². The lowest BCUT2D eigenvalue weighted by Gasteiger charge is -2.34. The molecule has 0 fully saturated rings. The SMILES string of the molecule is C=CN1C(C(C)Oc2ccc(N)cc2)=C(C)C(C(=O)OCC)=C/C1=C/C. The first kappa shape index (κ1) is 19.4. The molecule has 5 nitrogen and oxygen atoms in total. The van der Waals surface area contributed by atoms with Crippen LogP contribution < -0.4 is 10.5 Å². The lowest BCUT2D eigenvalue weighted by molar-refractivity contribution is -0.138. The quantitative estimate of drug-likeness (QED) is 0.614. The second-order valence-electron chi connectivity index (χ2n) is 5.88. The number of allylic oxidation sites excluding steroid dienone is 2. The maximum Gasteiger partial charge on any atom is 0.338 e. The number of ether oxygens (including phenoxy) is 2. The number of esters is 1. The molecule has 0 amide bonds. The molecule has 1 atom stereocenters. The number of nitrogens with two attached hydrogens (primary N) is 1. The molecule has 1 heterocycles. The lowest BCUT2D eigenvalue weighted by Crippen LogP contribution is -2.32. The van der Waals surface area contributed by atoms with Crippen LogP contribution in [0.2, 0.25) is 0 Å². The fourth-order valence-electron chi connectivity index (χ4n) is 2.94. The molecule has 2 N–H and O–H groups in total. The third kappa shape index (κ3) is 3.99. The minimum absolute atomic E-state index is 0.315. The van der Waals surface area contributed by atoms with Crippen LogP contribution in [-0.2, 0) is 9.53 Å². The summed E-state index contributed by atoms with van der Waals surface area (Å²) in [6, 6.07) is 7.22. The van der Waals surface area contributed by atoms with Crippen LogP contribution in [0, 0.1) is 0 Å². The van der Waals surface area contributed by atoms with Gasteiger partial charge in [0.05, 0.1) is 17.9 Å². The zero-order valence-electron chi connectivity index (χ0n) is 15.8. The zero-order valence-corrected chi connectivity index (χ0v) is 15.8. The summed E-state index contributed by atoms with van der Waals surface area (Å²) in [5, 5.41) is 0. The van der Waals surface area contributed by atoms with E-state index in [1.165, 1.54) is 0 Å². The Balaban J connectivity index is 2.43. The van der Waals surface area contributed by atoms with Crippen molar-refractivity contribution in [2.45, 2.75) is 33.8 Å². The molecule has 1 aromatic carbocycles. The van der Waals surface area contributed by atoms with Crippen molar-refractivity contribution in [2.75, 3.05) is 12.3 Å². The van der Waals surface area contributed by atoms with E-state index < -0.39 is 0 Å². The highest BCUT2D eigenvalue weighted by molar-refractivity contribution is 5.94. The topological polar surface area (TPSA) is 64.8 Å². The summed E-state index contributed by atoms with van der Waals surface area (Å²) >= 11 is 0. The van der Waals surface area contributed by atoms with Gasteiger partial charge in [-0.25, -0.2) is 4.79 Å². The number of hydrogen-bond acceptors (Lipinski definition) is 5. The number of rotatable bonds is 6. The van der Waals surface area contributed by atoms with Crippen LogP contribution in [0.4, 0.5) is 5.69 Å². The predicted octanol–water partition coefficient (Wildman–Crippen LogP) is 4.16. The van der Waals surface area contributed by atoms with Crippen LogP contribution >= 0.6 is 0 Å². The van der Waals surface area contributed by atoms with Gasteiger partial charge in [0.2, 0.25) is 0 Å². The van der Waals surface area contributed by atoms with Gasteiger partial charge >= 0.3 is 5.97 Å². The molecule has 0 aromatic heterocycles. The molecule has 1 aliphatic heterocycles. The van der Waals surface area contributed by atoms with Crippen molar-refractivity contribution < 1.29 is 14.3 Å². The van der Waals surface area contributed by atoms with E-state index in [2.05, 4.69) is 6.58 Å². The van der Waals surface area contributed by atoms with Gasteiger partial charge in [-0.2, -0.15) is 0 Å². The Morgan fingerprint density at radius 2 is 2.00 bits per heavy atom. The number of nitrogens with zero attached hydrogens (tertiary/aromatic N) is 1. The first-order valence-electron chi connectivity index (χ1n) is 8.63. The molecule has 0 saturated carbocycles. The van der Waals surface area contributed by atoms with E-state index >= 15 is 0 Å². The molecule has 0 saturated heterocycles. The minimum atomic E-state index is -0.342. The van der Waals surface area contributed by atoms with E-state index in [9.17, 15) is 4.79 Å². The van der Waals surface area contributed by atoms with E-state index in [1.54, 1.807) is 25.3 Å². The molecule has 2 rings (SSSR count). The number of hydrogen-bond donors (Lipinski definition) is 1. The summed E-state index contributed by atoms with van der Waals surface area (Å²) in [4.78, 5) is 14.3. The van der Waals surface area contributed by atoms with Crippen molar-refractivity contribution in [1.29, 1.82) is 0 Å². The van der Waals surface area contributed by atoms with E-state index in [1.807, 2.05) is 50.0 Å². The summed E-state index contributed by atoms with van der Waals surface area (Å²) in [5.41, 5.74) is 9.42. The number of carbonyl (C=O) groups is 1. The first-order valence-corrected chi connectivity index (χ1v) is 8.63. The van der Waals surface area contributed by atoms with Crippen LogP contribution in [0.3, 0.4) is 0 Å². The summed E-state index contributed by atoms with van der Waals surface area (Å²) in [5.74, 6) is 0.357. The Bertz CT molecular complexity index is 773. The van der Waals surface area contributed by atoms with Crippen molar-refractivity contribution >= 4 is 11.7 Å². The number of anilines is 1. The normalized spacial score (nSPS) is 17.0. The Hall–Kier alpha value is -2.95. The molecule has 5 heteroatoms. The second kappa shape index (κ2) is 8.43. The summed E-state index contributed by atoms with van der Waals surface area (Å²) in [6.45, 7) is 11.8. The fraction of sp³-hybridized carbons (Fsp3) is 0.286. The van der Waals surface area contributed by atoms with Crippen molar-refractivity contribution in [1.82, 2.24) is 4.90 Å². The third-order valence-electron chi connectivity index (χ3n) is 4.17. The zero-order chi connectivity index (χ0) is 19.3. The highest BCUT2D eigenvalue weighted by Gasteiger charge is 2.29. The van der Waals surface area contributed by atoms with Gasteiger partial charge in [0.25, 0.3) is 0 Å². The van der Waals surface area contributed by atoms with Crippen molar-refractivity contribution in [2.24, 2.45) is 0 Å². The van der Waals surface area contributed by atoms with Crippen LogP contribution in [0.25, 0.3) is 0 Å². The molecular formula is C21H26N2O3.